The van der Waals surface area contributed by atoms with E-state index in [0.717, 1.165) is 41.7 Å². The van der Waals surface area contributed by atoms with Gasteiger partial charge in [-0.05, 0) is 36.1 Å². The van der Waals surface area contributed by atoms with Crippen LogP contribution < -0.4 is 5.32 Å². The summed E-state index contributed by atoms with van der Waals surface area (Å²) in [6.45, 7) is 2.53. The highest BCUT2D eigenvalue weighted by Gasteiger charge is 2.25. The van der Waals surface area contributed by atoms with Gasteiger partial charge in [-0.25, -0.2) is 4.79 Å². The van der Waals surface area contributed by atoms with Gasteiger partial charge in [0, 0.05) is 11.3 Å². The zero-order chi connectivity index (χ0) is 22.2. The Morgan fingerprint density at radius 2 is 1.90 bits per heavy atom. The number of benzene rings is 1. The number of carboxylic acid groups (broad SMARTS) is 1. The summed E-state index contributed by atoms with van der Waals surface area (Å²) in [4.78, 5) is 23.9. The summed E-state index contributed by atoms with van der Waals surface area (Å²) in [5.41, 5.74) is 1.77. The molecule has 2 aromatic rings. The molecule has 1 fully saturated rings. The van der Waals surface area contributed by atoms with Crippen LogP contribution in [-0.4, -0.2) is 34.7 Å². The molecule has 1 aromatic carbocycles. The van der Waals surface area contributed by atoms with E-state index in [1.165, 1.54) is 24.2 Å². The molecule has 1 aromatic heterocycles. The third-order valence-electron chi connectivity index (χ3n) is 5.60. The predicted octanol–water partition coefficient (Wildman–Crippen LogP) is 4.83. The topological polar surface area (TPSA) is 95.9 Å². The Labute approximate surface area is 187 Å². The first-order valence-corrected chi connectivity index (χ1v) is 11.8. The average molecular weight is 446 g/mol. The second-order valence-electron chi connectivity index (χ2n) is 8.06. The van der Waals surface area contributed by atoms with Gasteiger partial charge in [0.1, 0.15) is 11.0 Å². The molecule has 0 spiro atoms. The van der Waals surface area contributed by atoms with Crippen molar-refractivity contribution >= 4 is 23.2 Å². The van der Waals surface area contributed by atoms with Crippen LogP contribution in [0.2, 0.25) is 0 Å². The molecule has 1 amide bonds. The summed E-state index contributed by atoms with van der Waals surface area (Å²) in [5, 5.41) is 22.6. The fraction of sp³-hybridized carbons (Fsp3) is 0.500. The van der Waals surface area contributed by atoms with Crippen molar-refractivity contribution in [2.75, 3.05) is 6.61 Å². The van der Waals surface area contributed by atoms with Gasteiger partial charge in [0.2, 0.25) is 5.91 Å². The van der Waals surface area contributed by atoms with Crippen molar-refractivity contribution in [1.82, 2.24) is 5.32 Å². The van der Waals surface area contributed by atoms with Gasteiger partial charge in [-0.15, -0.1) is 11.3 Å². The number of rotatable bonds is 12. The fourth-order valence-corrected chi connectivity index (χ4v) is 4.71. The third-order valence-corrected chi connectivity index (χ3v) is 6.72. The smallest absolute Gasteiger partial charge is 0.345 e. The largest absolute Gasteiger partial charge is 0.477 e. The van der Waals surface area contributed by atoms with Crippen molar-refractivity contribution in [2.45, 2.75) is 70.1 Å². The van der Waals surface area contributed by atoms with Gasteiger partial charge in [0.15, 0.2) is 0 Å². The van der Waals surface area contributed by atoms with Gasteiger partial charge in [-0.2, -0.15) is 0 Å². The number of carbonyl (C=O) groups is 2. The van der Waals surface area contributed by atoms with Crippen LogP contribution >= 0.6 is 11.3 Å². The van der Waals surface area contributed by atoms with E-state index >= 15 is 0 Å². The van der Waals surface area contributed by atoms with Crippen LogP contribution in [0.25, 0.3) is 0 Å². The number of carbonyl (C=O) groups excluding carboxylic acids is 1. The third kappa shape index (κ3) is 6.63. The minimum absolute atomic E-state index is 0.0295. The Balaban J connectivity index is 1.71. The molecule has 3 rings (SSSR count). The van der Waals surface area contributed by atoms with E-state index < -0.39 is 18.2 Å². The molecule has 1 saturated heterocycles. The Morgan fingerprint density at radius 1 is 1.16 bits per heavy atom. The number of hydrogen-bond donors (Lipinski definition) is 3. The highest BCUT2D eigenvalue weighted by atomic mass is 32.1. The Hall–Kier alpha value is -2.22. The van der Waals surface area contributed by atoms with E-state index in [-0.39, 0.29) is 16.8 Å². The maximum absolute atomic E-state index is 11.5. The van der Waals surface area contributed by atoms with Crippen molar-refractivity contribution in [1.29, 1.82) is 0 Å². The predicted molar refractivity (Wildman–Crippen MR) is 120 cm³/mol. The lowest BCUT2D eigenvalue weighted by molar-refractivity contribution is -0.119. The Morgan fingerprint density at radius 3 is 2.52 bits per heavy atom. The van der Waals surface area contributed by atoms with Gasteiger partial charge in [-0.3, -0.25) is 4.79 Å². The normalized spacial score (nSPS) is 18.0. The molecule has 3 N–H and O–H groups in total. The number of unbranched alkanes of at least 4 members (excludes halogenated alkanes) is 3. The van der Waals surface area contributed by atoms with Crippen molar-refractivity contribution in [3.63, 3.8) is 0 Å². The molecule has 7 heteroatoms. The first-order valence-electron chi connectivity index (χ1n) is 11.0. The number of amides is 1. The highest BCUT2D eigenvalue weighted by Crippen LogP contribution is 2.33. The lowest BCUT2D eigenvalue weighted by Crippen LogP contribution is -2.30. The van der Waals surface area contributed by atoms with E-state index in [1.54, 1.807) is 12.1 Å². The molecular formula is C24H31NO5S. The van der Waals surface area contributed by atoms with Crippen LogP contribution in [0.3, 0.4) is 0 Å². The number of aliphatic hydroxyl groups excluding tert-OH is 1. The quantitative estimate of drug-likeness (QED) is 0.407. The van der Waals surface area contributed by atoms with Gasteiger partial charge in [-0.1, -0.05) is 56.9 Å². The van der Waals surface area contributed by atoms with Crippen LogP contribution in [0.4, 0.5) is 0 Å². The van der Waals surface area contributed by atoms with E-state index in [4.69, 9.17) is 4.74 Å². The number of aromatic carboxylic acids is 1. The lowest BCUT2D eigenvalue weighted by Gasteiger charge is -2.20. The van der Waals surface area contributed by atoms with Gasteiger partial charge in [0.05, 0.1) is 18.8 Å². The molecule has 6 nitrogen and oxygen atoms in total. The first kappa shape index (κ1) is 23.4. The molecule has 3 atom stereocenters. The molecular weight excluding hydrogens is 414 g/mol. The van der Waals surface area contributed by atoms with Crippen molar-refractivity contribution in [3.8, 4) is 0 Å². The van der Waals surface area contributed by atoms with Crippen LogP contribution in [0.1, 0.15) is 89.8 Å². The zero-order valence-corrected chi connectivity index (χ0v) is 18.7. The van der Waals surface area contributed by atoms with Gasteiger partial charge >= 0.3 is 5.97 Å². The van der Waals surface area contributed by atoms with Crippen LogP contribution in [0.15, 0.2) is 36.4 Å². The number of thiophene rings is 1. The van der Waals surface area contributed by atoms with Crippen LogP contribution in [0, 0.1) is 0 Å². The minimum Gasteiger partial charge on any atom is -0.477 e. The van der Waals surface area contributed by atoms with Crippen molar-refractivity contribution in [2.24, 2.45) is 0 Å². The van der Waals surface area contributed by atoms with Gasteiger partial charge < -0.3 is 20.3 Å². The molecule has 0 aliphatic carbocycles. The van der Waals surface area contributed by atoms with E-state index in [2.05, 4.69) is 12.2 Å². The molecule has 0 radical (unpaired) electrons. The van der Waals surface area contributed by atoms with E-state index in [9.17, 15) is 19.8 Å². The molecule has 1 aliphatic heterocycles. The summed E-state index contributed by atoms with van der Waals surface area (Å²) < 4.78 is 6.17. The average Bonchev–Trinajstić information content (AvgIpc) is 3.41. The van der Waals surface area contributed by atoms with Crippen LogP contribution in [0.5, 0.6) is 0 Å². The highest BCUT2D eigenvalue weighted by molar-refractivity contribution is 7.14. The summed E-state index contributed by atoms with van der Waals surface area (Å²) >= 11 is 1.19. The molecule has 3 unspecified atom stereocenters. The van der Waals surface area contributed by atoms with Crippen molar-refractivity contribution in [3.05, 3.63) is 57.3 Å². The zero-order valence-electron chi connectivity index (χ0n) is 17.9. The SMILES string of the molecule is CCCCCCC(O)c1ccc(C(OCC2CCC(=O)N2)c2ccc(C(=O)O)s2)cc1. The number of aliphatic hydroxyl groups is 1. The summed E-state index contributed by atoms with van der Waals surface area (Å²) in [6, 6.07) is 11.0. The minimum atomic E-state index is -0.959. The number of nitrogens with one attached hydrogen (secondary N) is 1. The number of ether oxygens (including phenoxy) is 1. The van der Waals surface area contributed by atoms with Gasteiger partial charge in [0.25, 0.3) is 0 Å². The Kier molecular flexibility index (Phi) is 8.63. The van der Waals surface area contributed by atoms with E-state index in [1.807, 2.05) is 24.3 Å². The lowest BCUT2D eigenvalue weighted by atomic mass is 9.99. The van der Waals surface area contributed by atoms with E-state index in [0.29, 0.717) is 13.0 Å². The monoisotopic (exact) mass is 445 g/mol. The molecule has 168 valence electrons. The standard InChI is InChI=1S/C24H31NO5S/c1-2-3-4-5-6-19(26)16-7-9-17(10-8-16)23(20-12-13-21(31-20)24(28)29)30-15-18-11-14-22(27)25-18/h7-10,12-13,18-19,23,26H,2-6,11,14-15H2,1H3,(H,25,27)(H,28,29). The maximum Gasteiger partial charge on any atom is 0.345 e. The summed E-state index contributed by atoms with van der Waals surface area (Å²) in [7, 11) is 0. The first-order chi connectivity index (χ1) is 15.0. The summed E-state index contributed by atoms with van der Waals surface area (Å²) in [6.07, 6.45) is 5.56. The fourth-order valence-electron chi connectivity index (χ4n) is 3.79. The molecule has 0 saturated carbocycles. The molecule has 2 heterocycles. The molecule has 0 bridgehead atoms. The number of hydrogen-bond acceptors (Lipinski definition) is 5. The van der Waals surface area contributed by atoms with Crippen LogP contribution in [-0.2, 0) is 9.53 Å². The summed E-state index contributed by atoms with van der Waals surface area (Å²) in [5.74, 6) is -0.925. The maximum atomic E-state index is 11.5. The Bertz CT molecular complexity index is 863. The molecule has 1 aliphatic rings. The number of carboxylic acids is 1. The van der Waals surface area contributed by atoms with Crippen molar-refractivity contribution < 1.29 is 24.5 Å². The second-order valence-corrected chi connectivity index (χ2v) is 9.17. The second kappa shape index (κ2) is 11.4. The molecule has 31 heavy (non-hydrogen) atoms.